The summed E-state index contributed by atoms with van der Waals surface area (Å²) in [5.74, 6) is 1.25. The zero-order chi connectivity index (χ0) is 17.2. The standard InChI is InChI=1S/C18H25N5O2/c1-22-16-15(3-2-8-19-16)21-18(22)23-9-4-13(5-10-23)17(24)20-14-6-11-25-12-7-14/h2-3,8,13-14H,4-7,9-12H2,1H3,(H,20,24). The minimum atomic E-state index is 0.104. The summed E-state index contributed by atoms with van der Waals surface area (Å²) >= 11 is 0. The molecule has 7 heteroatoms. The van der Waals surface area contributed by atoms with Crippen LogP contribution in [0.3, 0.4) is 0 Å². The largest absolute Gasteiger partial charge is 0.381 e. The summed E-state index contributed by atoms with van der Waals surface area (Å²) in [5.41, 5.74) is 1.82. The van der Waals surface area contributed by atoms with Crippen LogP contribution in [0.5, 0.6) is 0 Å². The van der Waals surface area contributed by atoms with Crippen molar-refractivity contribution in [3.05, 3.63) is 18.3 Å². The fourth-order valence-corrected chi connectivity index (χ4v) is 3.80. The Kier molecular flexibility index (Phi) is 4.57. The van der Waals surface area contributed by atoms with Crippen molar-refractivity contribution in [2.75, 3.05) is 31.2 Å². The van der Waals surface area contributed by atoms with Gasteiger partial charge in [-0.15, -0.1) is 0 Å². The summed E-state index contributed by atoms with van der Waals surface area (Å²) in [4.78, 5) is 23.9. The Hall–Kier alpha value is -2.15. The van der Waals surface area contributed by atoms with Gasteiger partial charge >= 0.3 is 0 Å². The van der Waals surface area contributed by atoms with Crippen molar-refractivity contribution in [2.45, 2.75) is 31.7 Å². The number of hydrogen-bond acceptors (Lipinski definition) is 5. The predicted octanol–water partition coefficient (Wildman–Crippen LogP) is 1.48. The van der Waals surface area contributed by atoms with Crippen LogP contribution in [-0.4, -0.2) is 52.8 Å². The summed E-state index contributed by atoms with van der Waals surface area (Å²) in [7, 11) is 2.00. The molecule has 0 aromatic carbocycles. The molecule has 2 fully saturated rings. The van der Waals surface area contributed by atoms with Gasteiger partial charge in [0.1, 0.15) is 5.52 Å². The van der Waals surface area contributed by atoms with Gasteiger partial charge in [-0.3, -0.25) is 9.36 Å². The second-order valence-corrected chi connectivity index (χ2v) is 6.97. The summed E-state index contributed by atoms with van der Waals surface area (Å²) in [6.45, 7) is 3.21. The van der Waals surface area contributed by atoms with Crippen LogP contribution in [0.2, 0.25) is 0 Å². The molecular weight excluding hydrogens is 318 g/mol. The number of hydrogen-bond donors (Lipinski definition) is 1. The van der Waals surface area contributed by atoms with Crippen LogP contribution < -0.4 is 10.2 Å². The first-order valence-electron chi connectivity index (χ1n) is 9.13. The first kappa shape index (κ1) is 16.3. The highest BCUT2D eigenvalue weighted by atomic mass is 16.5. The number of nitrogens with zero attached hydrogens (tertiary/aromatic N) is 4. The summed E-state index contributed by atoms with van der Waals surface area (Å²) in [6, 6.07) is 4.18. The maximum Gasteiger partial charge on any atom is 0.223 e. The lowest BCUT2D eigenvalue weighted by atomic mass is 9.95. The van der Waals surface area contributed by atoms with Crippen LogP contribution in [0.15, 0.2) is 18.3 Å². The lowest BCUT2D eigenvalue weighted by Crippen LogP contribution is -2.45. The molecule has 0 spiro atoms. The Bertz CT molecular complexity index is 745. The van der Waals surface area contributed by atoms with E-state index in [2.05, 4.69) is 15.2 Å². The van der Waals surface area contributed by atoms with Gasteiger partial charge in [-0.05, 0) is 37.8 Å². The van der Waals surface area contributed by atoms with Gasteiger partial charge in [-0.1, -0.05) is 0 Å². The smallest absolute Gasteiger partial charge is 0.223 e. The highest BCUT2D eigenvalue weighted by molar-refractivity contribution is 5.79. The number of anilines is 1. The summed E-state index contributed by atoms with van der Waals surface area (Å²) in [6.07, 6.45) is 5.38. The summed E-state index contributed by atoms with van der Waals surface area (Å²) < 4.78 is 7.39. The molecule has 25 heavy (non-hydrogen) atoms. The Morgan fingerprint density at radius 3 is 2.72 bits per heavy atom. The lowest BCUT2D eigenvalue weighted by Gasteiger charge is -2.33. The molecule has 7 nitrogen and oxygen atoms in total. The molecule has 4 heterocycles. The molecule has 1 N–H and O–H groups in total. The van der Waals surface area contributed by atoms with Gasteiger partial charge < -0.3 is 15.0 Å². The average Bonchev–Trinajstić information content (AvgIpc) is 3.00. The predicted molar refractivity (Wildman–Crippen MR) is 95.4 cm³/mol. The van der Waals surface area contributed by atoms with E-state index >= 15 is 0 Å². The molecule has 2 aromatic rings. The quantitative estimate of drug-likeness (QED) is 0.914. The van der Waals surface area contributed by atoms with Crippen molar-refractivity contribution in [2.24, 2.45) is 13.0 Å². The molecular formula is C18H25N5O2. The molecule has 2 aromatic heterocycles. The number of aryl methyl sites for hydroxylation is 1. The van der Waals surface area contributed by atoms with E-state index in [0.717, 1.165) is 69.1 Å². The van der Waals surface area contributed by atoms with E-state index in [0.29, 0.717) is 0 Å². The van der Waals surface area contributed by atoms with Crippen LogP contribution in [0.4, 0.5) is 5.95 Å². The molecule has 0 unspecified atom stereocenters. The van der Waals surface area contributed by atoms with Crippen molar-refractivity contribution in [1.29, 1.82) is 0 Å². The van der Waals surface area contributed by atoms with E-state index in [-0.39, 0.29) is 17.9 Å². The second kappa shape index (κ2) is 7.00. The Morgan fingerprint density at radius 2 is 2.00 bits per heavy atom. The number of piperidine rings is 1. The number of nitrogens with one attached hydrogen (secondary N) is 1. The normalized spacial score (nSPS) is 20.1. The van der Waals surface area contributed by atoms with Crippen molar-refractivity contribution in [3.8, 4) is 0 Å². The molecule has 0 bridgehead atoms. The molecule has 2 saturated heterocycles. The van der Waals surface area contributed by atoms with Crippen LogP contribution in [0.1, 0.15) is 25.7 Å². The zero-order valence-electron chi connectivity index (χ0n) is 14.6. The van der Waals surface area contributed by atoms with Crippen molar-refractivity contribution < 1.29 is 9.53 Å². The third-order valence-electron chi connectivity index (χ3n) is 5.32. The first-order chi connectivity index (χ1) is 12.2. The number of aromatic nitrogens is 3. The third kappa shape index (κ3) is 3.33. The highest BCUT2D eigenvalue weighted by Crippen LogP contribution is 2.25. The van der Waals surface area contributed by atoms with Crippen molar-refractivity contribution in [3.63, 3.8) is 0 Å². The van der Waals surface area contributed by atoms with Gasteiger partial charge in [0.2, 0.25) is 11.9 Å². The molecule has 4 rings (SSSR count). The van der Waals surface area contributed by atoms with Gasteiger partial charge in [0, 0.05) is 51.5 Å². The lowest BCUT2D eigenvalue weighted by molar-refractivity contribution is -0.126. The number of carbonyl (C=O) groups is 1. The van der Waals surface area contributed by atoms with Gasteiger partial charge in [-0.2, -0.15) is 0 Å². The number of ether oxygens (including phenoxy) is 1. The van der Waals surface area contributed by atoms with E-state index in [1.807, 2.05) is 23.7 Å². The van der Waals surface area contributed by atoms with Gasteiger partial charge in [0.25, 0.3) is 0 Å². The average molecular weight is 343 g/mol. The summed E-state index contributed by atoms with van der Waals surface area (Å²) in [5, 5.41) is 3.21. The van der Waals surface area contributed by atoms with Crippen molar-refractivity contribution in [1.82, 2.24) is 19.9 Å². The second-order valence-electron chi connectivity index (χ2n) is 6.97. The minimum Gasteiger partial charge on any atom is -0.381 e. The van der Waals surface area contributed by atoms with E-state index in [4.69, 9.17) is 9.72 Å². The van der Waals surface area contributed by atoms with E-state index in [1.54, 1.807) is 6.20 Å². The Balaban J connectivity index is 1.37. The van der Waals surface area contributed by atoms with E-state index in [1.165, 1.54) is 0 Å². The monoisotopic (exact) mass is 343 g/mol. The van der Waals surface area contributed by atoms with E-state index < -0.39 is 0 Å². The third-order valence-corrected chi connectivity index (χ3v) is 5.32. The number of carbonyl (C=O) groups excluding carboxylic acids is 1. The van der Waals surface area contributed by atoms with Gasteiger partial charge in [-0.25, -0.2) is 9.97 Å². The molecule has 0 radical (unpaired) electrons. The number of imidazole rings is 1. The maximum absolute atomic E-state index is 12.5. The van der Waals surface area contributed by atoms with Crippen molar-refractivity contribution >= 4 is 23.0 Å². The Morgan fingerprint density at radius 1 is 1.24 bits per heavy atom. The number of rotatable bonds is 3. The molecule has 0 saturated carbocycles. The fourth-order valence-electron chi connectivity index (χ4n) is 3.80. The molecule has 0 atom stereocenters. The SMILES string of the molecule is Cn1c(N2CCC(C(=O)NC3CCOCC3)CC2)nc2cccnc21. The molecule has 2 aliphatic rings. The van der Waals surface area contributed by atoms with Crippen LogP contribution in [0, 0.1) is 5.92 Å². The minimum absolute atomic E-state index is 0.104. The maximum atomic E-state index is 12.5. The number of amides is 1. The van der Waals surface area contributed by atoms with Crippen LogP contribution in [0.25, 0.3) is 11.2 Å². The topological polar surface area (TPSA) is 72.3 Å². The molecule has 2 aliphatic heterocycles. The first-order valence-corrected chi connectivity index (χ1v) is 9.13. The molecule has 1 amide bonds. The number of pyridine rings is 1. The van der Waals surface area contributed by atoms with E-state index in [9.17, 15) is 4.79 Å². The number of fused-ring (bicyclic) bond motifs is 1. The zero-order valence-corrected chi connectivity index (χ0v) is 14.6. The van der Waals surface area contributed by atoms with Crippen LogP contribution in [-0.2, 0) is 16.6 Å². The van der Waals surface area contributed by atoms with Gasteiger partial charge in [0.05, 0.1) is 0 Å². The van der Waals surface area contributed by atoms with Gasteiger partial charge in [0.15, 0.2) is 5.65 Å². The Labute approximate surface area is 147 Å². The highest BCUT2D eigenvalue weighted by Gasteiger charge is 2.28. The fraction of sp³-hybridized carbons (Fsp3) is 0.611. The van der Waals surface area contributed by atoms with Crippen LogP contribution >= 0.6 is 0 Å². The molecule has 134 valence electrons. The molecule has 0 aliphatic carbocycles.